The van der Waals surface area contributed by atoms with Crippen molar-refractivity contribution in [2.75, 3.05) is 6.54 Å². The fourth-order valence-electron chi connectivity index (χ4n) is 2.36. The van der Waals surface area contributed by atoms with Gasteiger partial charge < -0.3 is 0 Å². The van der Waals surface area contributed by atoms with Crippen LogP contribution in [0.5, 0.6) is 0 Å². The minimum absolute atomic E-state index is 0.0631. The lowest BCUT2D eigenvalue weighted by Crippen LogP contribution is -2.30. The number of aryl methyl sites for hydroxylation is 2. The summed E-state index contributed by atoms with van der Waals surface area (Å²) >= 11 is 0. The molecule has 0 bridgehead atoms. The molecule has 0 fully saturated rings. The maximum Gasteiger partial charge on any atom is 0.240 e. The van der Waals surface area contributed by atoms with Crippen LogP contribution in [0.25, 0.3) is 0 Å². The third kappa shape index (κ3) is 3.61. The molecule has 0 aliphatic heterocycles. The van der Waals surface area contributed by atoms with Crippen LogP contribution in [0.4, 0.5) is 4.39 Å². The summed E-state index contributed by atoms with van der Waals surface area (Å²) in [6.45, 7) is 9.53. The third-order valence-electron chi connectivity index (χ3n) is 4.11. The first kappa shape index (κ1) is 17.6. The van der Waals surface area contributed by atoms with Gasteiger partial charge in [0.05, 0.1) is 16.6 Å². The number of hydrogen-bond acceptors (Lipinski definition) is 3. The molecule has 0 spiro atoms. The maximum atomic E-state index is 13.3. The van der Waals surface area contributed by atoms with Crippen LogP contribution in [-0.2, 0) is 10.0 Å². The van der Waals surface area contributed by atoms with Crippen molar-refractivity contribution in [2.24, 2.45) is 0 Å². The molecule has 1 aromatic carbocycles. The van der Waals surface area contributed by atoms with Gasteiger partial charge in [-0.25, -0.2) is 17.5 Å². The molecule has 5 nitrogen and oxygen atoms in total. The van der Waals surface area contributed by atoms with Crippen LogP contribution < -0.4 is 4.72 Å². The van der Waals surface area contributed by atoms with Crippen molar-refractivity contribution >= 4 is 10.0 Å². The van der Waals surface area contributed by atoms with Gasteiger partial charge in [0.25, 0.3) is 0 Å². The minimum atomic E-state index is -3.68. The summed E-state index contributed by atoms with van der Waals surface area (Å²) < 4.78 is 42.3. The van der Waals surface area contributed by atoms with Crippen LogP contribution >= 0.6 is 0 Å². The number of hydrogen-bond donors (Lipinski definition) is 1. The molecule has 1 aromatic heterocycles. The smallest absolute Gasteiger partial charge is 0.240 e. The molecular formula is C16H22FN3O2S. The fraction of sp³-hybridized carbons (Fsp3) is 0.438. The predicted octanol–water partition coefficient (Wildman–Crippen LogP) is 2.80. The predicted molar refractivity (Wildman–Crippen MR) is 87.5 cm³/mol. The Morgan fingerprint density at radius 2 is 1.91 bits per heavy atom. The van der Waals surface area contributed by atoms with E-state index < -0.39 is 15.8 Å². The van der Waals surface area contributed by atoms with Gasteiger partial charge in [-0.3, -0.25) is 4.68 Å². The Labute approximate surface area is 136 Å². The fourth-order valence-corrected chi connectivity index (χ4v) is 3.57. The van der Waals surface area contributed by atoms with Crippen LogP contribution in [0.15, 0.2) is 23.1 Å². The van der Waals surface area contributed by atoms with Crippen LogP contribution in [0.2, 0.25) is 0 Å². The van der Waals surface area contributed by atoms with Crippen molar-refractivity contribution in [3.05, 3.63) is 46.5 Å². The van der Waals surface area contributed by atoms with E-state index in [4.69, 9.17) is 0 Å². The monoisotopic (exact) mass is 339 g/mol. The van der Waals surface area contributed by atoms with Crippen LogP contribution in [-0.4, -0.2) is 24.7 Å². The number of nitrogens with one attached hydrogen (secondary N) is 1. The first-order valence-electron chi connectivity index (χ1n) is 7.41. The number of sulfonamides is 1. The van der Waals surface area contributed by atoms with Crippen LogP contribution in [0.1, 0.15) is 35.5 Å². The molecule has 0 amide bonds. The second-order valence-corrected chi connectivity index (χ2v) is 7.62. The average Bonchev–Trinajstić information content (AvgIpc) is 2.75. The van der Waals surface area contributed by atoms with Gasteiger partial charge >= 0.3 is 0 Å². The number of aromatic nitrogens is 2. The molecule has 1 atom stereocenters. The molecule has 2 rings (SSSR count). The summed E-state index contributed by atoms with van der Waals surface area (Å²) in [5.41, 5.74) is 3.36. The minimum Gasteiger partial charge on any atom is -0.265 e. The summed E-state index contributed by atoms with van der Waals surface area (Å²) in [6.07, 6.45) is 0. The Balaban J connectivity index is 2.15. The highest BCUT2D eigenvalue weighted by molar-refractivity contribution is 7.89. The second kappa shape index (κ2) is 6.41. The van der Waals surface area contributed by atoms with E-state index in [0.29, 0.717) is 5.56 Å². The standard InChI is InChI=1S/C16H22FN3O2S/c1-10-8-15(6-7-16(10)17)23(21,22)18-9-11(2)20-14(5)12(3)13(4)19-20/h6-8,11,18H,9H2,1-5H3/t11-/m0/s1. The van der Waals surface area contributed by atoms with E-state index in [0.717, 1.165) is 23.0 Å². The van der Waals surface area contributed by atoms with Crippen molar-refractivity contribution in [1.29, 1.82) is 0 Å². The Morgan fingerprint density at radius 1 is 1.26 bits per heavy atom. The number of rotatable bonds is 5. The normalized spacial score (nSPS) is 13.3. The zero-order chi connectivity index (χ0) is 17.4. The maximum absolute atomic E-state index is 13.3. The van der Waals surface area contributed by atoms with Crippen molar-refractivity contribution < 1.29 is 12.8 Å². The molecule has 0 saturated heterocycles. The van der Waals surface area contributed by atoms with E-state index in [2.05, 4.69) is 9.82 Å². The summed E-state index contributed by atoms with van der Waals surface area (Å²) in [4.78, 5) is 0.0631. The van der Waals surface area contributed by atoms with Gasteiger partial charge in [-0.1, -0.05) is 0 Å². The molecular weight excluding hydrogens is 317 g/mol. The topological polar surface area (TPSA) is 64.0 Å². The van der Waals surface area contributed by atoms with Crippen molar-refractivity contribution in [2.45, 2.75) is 45.6 Å². The van der Waals surface area contributed by atoms with Gasteiger partial charge in [-0.05, 0) is 63.9 Å². The molecule has 126 valence electrons. The average molecular weight is 339 g/mol. The molecule has 1 heterocycles. The molecule has 0 saturated carbocycles. The molecule has 7 heteroatoms. The largest absolute Gasteiger partial charge is 0.265 e. The van der Waals surface area contributed by atoms with Gasteiger partial charge in [0.1, 0.15) is 5.82 Å². The lowest BCUT2D eigenvalue weighted by atomic mass is 10.2. The first-order valence-corrected chi connectivity index (χ1v) is 8.90. The van der Waals surface area contributed by atoms with E-state index in [9.17, 15) is 12.8 Å². The molecule has 0 unspecified atom stereocenters. The lowest BCUT2D eigenvalue weighted by Gasteiger charge is -2.16. The third-order valence-corrected chi connectivity index (χ3v) is 5.53. The van der Waals surface area contributed by atoms with Crippen molar-refractivity contribution in [1.82, 2.24) is 14.5 Å². The molecule has 23 heavy (non-hydrogen) atoms. The SMILES string of the molecule is Cc1cc(S(=O)(=O)NC[C@H](C)n2nc(C)c(C)c2C)ccc1F. The second-order valence-electron chi connectivity index (χ2n) is 5.85. The summed E-state index contributed by atoms with van der Waals surface area (Å²) in [7, 11) is -3.68. The van der Waals surface area contributed by atoms with E-state index >= 15 is 0 Å². The highest BCUT2D eigenvalue weighted by Gasteiger charge is 2.19. The zero-order valence-electron chi connectivity index (χ0n) is 14.0. The van der Waals surface area contributed by atoms with Gasteiger partial charge in [0, 0.05) is 12.2 Å². The number of nitrogens with zero attached hydrogens (tertiary/aromatic N) is 2. The van der Waals surface area contributed by atoms with E-state index in [1.807, 2.05) is 32.4 Å². The first-order chi connectivity index (χ1) is 10.6. The van der Waals surface area contributed by atoms with Crippen LogP contribution in [0, 0.1) is 33.5 Å². The molecule has 1 N–H and O–H groups in total. The Kier molecular flexibility index (Phi) is 4.91. The molecule has 0 aliphatic rings. The summed E-state index contributed by atoms with van der Waals surface area (Å²) in [5, 5.41) is 4.44. The summed E-state index contributed by atoms with van der Waals surface area (Å²) in [5.74, 6) is -0.421. The van der Waals surface area contributed by atoms with E-state index in [1.54, 1.807) is 0 Å². The van der Waals surface area contributed by atoms with Crippen molar-refractivity contribution in [3.63, 3.8) is 0 Å². The molecule has 0 radical (unpaired) electrons. The molecule has 0 aliphatic carbocycles. The van der Waals surface area contributed by atoms with Gasteiger partial charge in [0.15, 0.2) is 0 Å². The zero-order valence-corrected chi connectivity index (χ0v) is 14.8. The highest BCUT2D eigenvalue weighted by Crippen LogP contribution is 2.17. The number of halogens is 1. The van der Waals surface area contributed by atoms with E-state index in [-0.39, 0.29) is 17.5 Å². The van der Waals surface area contributed by atoms with Crippen LogP contribution in [0.3, 0.4) is 0 Å². The van der Waals surface area contributed by atoms with E-state index in [1.165, 1.54) is 19.1 Å². The van der Waals surface area contributed by atoms with Gasteiger partial charge in [-0.2, -0.15) is 5.10 Å². The Bertz CT molecular complexity index is 828. The van der Waals surface area contributed by atoms with Crippen molar-refractivity contribution in [3.8, 4) is 0 Å². The Hall–Kier alpha value is -1.73. The van der Waals surface area contributed by atoms with Gasteiger partial charge in [0.2, 0.25) is 10.0 Å². The Morgan fingerprint density at radius 3 is 2.43 bits per heavy atom. The summed E-state index contributed by atoms with van der Waals surface area (Å²) in [6, 6.07) is 3.63. The quantitative estimate of drug-likeness (QED) is 0.911. The highest BCUT2D eigenvalue weighted by atomic mass is 32.2. The lowest BCUT2D eigenvalue weighted by molar-refractivity contribution is 0.467. The van der Waals surface area contributed by atoms with Gasteiger partial charge in [-0.15, -0.1) is 0 Å². The molecule has 2 aromatic rings. The number of benzene rings is 1.